The molecule has 3 N–H and O–H groups in total. The molecule has 0 saturated heterocycles. The number of nitro benzene ring substituents is 1. The third-order valence-corrected chi connectivity index (χ3v) is 6.76. The van der Waals surface area contributed by atoms with Gasteiger partial charge in [0.15, 0.2) is 0 Å². The number of aromatic nitrogens is 1. The van der Waals surface area contributed by atoms with Gasteiger partial charge in [-0.1, -0.05) is 19.1 Å². The van der Waals surface area contributed by atoms with Crippen LogP contribution in [0.3, 0.4) is 0 Å². The average Bonchev–Trinajstić information content (AvgIpc) is 2.82. The largest absolute Gasteiger partial charge is 0.371 e. The summed E-state index contributed by atoms with van der Waals surface area (Å²) in [5.41, 5.74) is 2.08. The van der Waals surface area contributed by atoms with E-state index in [1.54, 1.807) is 44.3 Å². The fourth-order valence-corrected chi connectivity index (χ4v) is 4.64. The lowest BCUT2D eigenvalue weighted by molar-refractivity contribution is -0.384. The third kappa shape index (κ3) is 6.54. The van der Waals surface area contributed by atoms with Gasteiger partial charge in [-0.3, -0.25) is 24.6 Å². The molecule has 1 aromatic heterocycles. The minimum absolute atomic E-state index is 0.0218. The van der Waals surface area contributed by atoms with Crippen molar-refractivity contribution in [2.75, 3.05) is 21.1 Å². The first-order valence-corrected chi connectivity index (χ1v) is 12.6. The number of hydrogen-bond donors (Lipinski definition) is 3. The van der Waals surface area contributed by atoms with E-state index in [2.05, 4.69) is 20.3 Å². The molecule has 1 atom stereocenters. The normalized spacial score (nSPS) is 12.0. The molecule has 0 aliphatic carbocycles. The SMILES string of the molecule is CCCS(=O)(=O)Nc1cccc(NC(=O)c2ccc(NC(C)c3ccccn3)c([N+](=O)[O-])c2)c1C. The molecule has 3 rings (SSSR count). The summed E-state index contributed by atoms with van der Waals surface area (Å²) in [7, 11) is -3.50. The lowest BCUT2D eigenvalue weighted by Gasteiger charge is -2.16. The second-order valence-corrected chi connectivity index (χ2v) is 9.80. The Bertz CT molecular complexity index is 1330. The van der Waals surface area contributed by atoms with Crippen molar-refractivity contribution in [2.45, 2.75) is 33.2 Å². The van der Waals surface area contributed by atoms with Crippen LogP contribution in [-0.2, 0) is 10.0 Å². The first-order chi connectivity index (χ1) is 16.6. The predicted molar refractivity (Wildman–Crippen MR) is 136 cm³/mol. The van der Waals surface area contributed by atoms with Gasteiger partial charge in [-0.05, 0) is 62.2 Å². The van der Waals surface area contributed by atoms with Crippen molar-refractivity contribution in [1.82, 2.24) is 4.98 Å². The van der Waals surface area contributed by atoms with Gasteiger partial charge in [0.25, 0.3) is 11.6 Å². The summed E-state index contributed by atoms with van der Waals surface area (Å²) in [5, 5.41) is 17.5. The molecule has 1 amide bonds. The highest BCUT2D eigenvalue weighted by molar-refractivity contribution is 7.92. The molecule has 0 aliphatic rings. The van der Waals surface area contributed by atoms with Crippen LogP contribution >= 0.6 is 0 Å². The van der Waals surface area contributed by atoms with Crippen LogP contribution in [0, 0.1) is 17.0 Å². The van der Waals surface area contributed by atoms with E-state index in [-0.39, 0.29) is 28.7 Å². The van der Waals surface area contributed by atoms with Crippen LogP contribution in [0.2, 0.25) is 0 Å². The first-order valence-electron chi connectivity index (χ1n) is 11.0. The number of anilines is 3. The fraction of sp³-hybridized carbons (Fsp3) is 0.250. The Morgan fingerprint density at radius 2 is 1.83 bits per heavy atom. The number of rotatable bonds is 10. The quantitative estimate of drug-likeness (QED) is 0.268. The zero-order valence-electron chi connectivity index (χ0n) is 19.6. The van der Waals surface area contributed by atoms with Crippen LogP contribution in [-0.4, -0.2) is 30.0 Å². The average molecular weight is 498 g/mol. The summed E-state index contributed by atoms with van der Waals surface area (Å²) in [5.74, 6) is -0.583. The number of nitrogens with zero attached hydrogens (tertiary/aromatic N) is 2. The number of nitrogens with one attached hydrogen (secondary N) is 3. The van der Waals surface area contributed by atoms with E-state index in [4.69, 9.17) is 0 Å². The second-order valence-electron chi connectivity index (χ2n) is 7.96. The summed E-state index contributed by atoms with van der Waals surface area (Å²) in [6.07, 6.45) is 2.11. The fourth-order valence-electron chi connectivity index (χ4n) is 3.45. The Hall–Kier alpha value is -3.99. The maximum Gasteiger partial charge on any atom is 0.293 e. The number of hydrogen-bond acceptors (Lipinski definition) is 7. The lowest BCUT2D eigenvalue weighted by Crippen LogP contribution is -2.18. The summed E-state index contributed by atoms with van der Waals surface area (Å²) in [6, 6.07) is 14.1. The van der Waals surface area contributed by atoms with Gasteiger partial charge >= 0.3 is 0 Å². The highest BCUT2D eigenvalue weighted by Crippen LogP contribution is 2.30. The van der Waals surface area contributed by atoms with E-state index in [0.717, 1.165) is 0 Å². The summed E-state index contributed by atoms with van der Waals surface area (Å²) < 4.78 is 26.8. The van der Waals surface area contributed by atoms with Crippen LogP contribution in [0.4, 0.5) is 22.7 Å². The van der Waals surface area contributed by atoms with E-state index in [1.165, 1.54) is 18.2 Å². The van der Waals surface area contributed by atoms with Gasteiger partial charge in [0.05, 0.1) is 28.1 Å². The summed E-state index contributed by atoms with van der Waals surface area (Å²) in [4.78, 5) is 28.3. The highest BCUT2D eigenvalue weighted by Gasteiger charge is 2.20. The van der Waals surface area contributed by atoms with E-state index in [1.807, 2.05) is 19.1 Å². The number of carbonyl (C=O) groups is 1. The minimum Gasteiger partial charge on any atom is -0.371 e. The number of sulfonamides is 1. The van der Waals surface area contributed by atoms with Gasteiger partial charge in [-0.2, -0.15) is 0 Å². The Kier molecular flexibility index (Phi) is 8.02. The van der Waals surface area contributed by atoms with Crippen molar-refractivity contribution in [2.24, 2.45) is 0 Å². The van der Waals surface area contributed by atoms with Gasteiger partial charge in [0.1, 0.15) is 5.69 Å². The molecular weight excluding hydrogens is 470 g/mol. The van der Waals surface area contributed by atoms with Crippen LogP contribution in [0.15, 0.2) is 60.8 Å². The molecule has 2 aromatic carbocycles. The number of benzene rings is 2. The topological polar surface area (TPSA) is 143 Å². The smallest absolute Gasteiger partial charge is 0.293 e. The molecule has 1 heterocycles. The summed E-state index contributed by atoms with van der Waals surface area (Å²) in [6.45, 7) is 5.27. The molecule has 10 nitrogen and oxygen atoms in total. The van der Waals surface area contributed by atoms with Crippen LogP contribution < -0.4 is 15.4 Å². The minimum atomic E-state index is -3.50. The summed E-state index contributed by atoms with van der Waals surface area (Å²) >= 11 is 0. The molecule has 0 fully saturated rings. The zero-order valence-corrected chi connectivity index (χ0v) is 20.4. The van der Waals surface area contributed by atoms with Gasteiger partial charge in [0, 0.05) is 23.5 Å². The van der Waals surface area contributed by atoms with Gasteiger partial charge < -0.3 is 10.6 Å². The zero-order chi connectivity index (χ0) is 25.6. The van der Waals surface area contributed by atoms with Gasteiger partial charge in [-0.25, -0.2) is 8.42 Å². The number of nitro groups is 1. The Morgan fingerprint density at radius 3 is 2.49 bits per heavy atom. The third-order valence-electron chi connectivity index (χ3n) is 5.28. The molecule has 0 saturated carbocycles. The molecular formula is C24H27N5O5S. The van der Waals surface area contributed by atoms with Crippen LogP contribution in [0.5, 0.6) is 0 Å². The molecule has 11 heteroatoms. The van der Waals surface area contributed by atoms with E-state index in [9.17, 15) is 23.3 Å². The molecule has 184 valence electrons. The van der Waals surface area contributed by atoms with Crippen molar-refractivity contribution in [3.8, 4) is 0 Å². The Morgan fingerprint density at radius 1 is 1.09 bits per heavy atom. The standard InChI is InChI=1S/C24H27N5O5S/c1-4-14-35(33,34)28-20-10-7-9-19(16(20)2)27-24(30)18-11-12-22(23(15-18)29(31)32)26-17(3)21-8-5-6-13-25-21/h5-13,15,17,26,28H,4,14H2,1-3H3,(H,27,30). The maximum absolute atomic E-state index is 12.9. The Labute approximate surface area is 204 Å². The van der Waals surface area contributed by atoms with Crippen LogP contribution in [0.25, 0.3) is 0 Å². The van der Waals surface area contributed by atoms with Gasteiger partial charge in [0.2, 0.25) is 10.0 Å². The molecule has 0 bridgehead atoms. The van der Waals surface area contributed by atoms with E-state index in [0.29, 0.717) is 29.1 Å². The van der Waals surface area contributed by atoms with Crippen molar-refractivity contribution < 1.29 is 18.1 Å². The molecule has 3 aromatic rings. The van der Waals surface area contributed by atoms with E-state index >= 15 is 0 Å². The van der Waals surface area contributed by atoms with Crippen molar-refractivity contribution in [3.63, 3.8) is 0 Å². The second kappa shape index (κ2) is 11.0. The van der Waals surface area contributed by atoms with Crippen molar-refractivity contribution in [1.29, 1.82) is 0 Å². The van der Waals surface area contributed by atoms with Crippen molar-refractivity contribution in [3.05, 3.63) is 87.7 Å². The van der Waals surface area contributed by atoms with Crippen LogP contribution in [0.1, 0.15) is 47.9 Å². The number of carbonyl (C=O) groups excluding carboxylic acids is 1. The molecule has 0 aliphatic heterocycles. The predicted octanol–water partition coefficient (Wildman–Crippen LogP) is 4.88. The van der Waals surface area contributed by atoms with Crippen molar-refractivity contribution >= 4 is 38.7 Å². The molecule has 35 heavy (non-hydrogen) atoms. The lowest BCUT2D eigenvalue weighted by atomic mass is 10.1. The monoisotopic (exact) mass is 497 g/mol. The van der Waals surface area contributed by atoms with Gasteiger partial charge in [-0.15, -0.1) is 0 Å². The Balaban J connectivity index is 1.82. The molecule has 0 spiro atoms. The maximum atomic E-state index is 12.9. The van der Waals surface area contributed by atoms with E-state index < -0.39 is 20.9 Å². The molecule has 1 unspecified atom stereocenters. The number of amides is 1. The number of pyridine rings is 1. The first kappa shape index (κ1) is 25.6. The highest BCUT2D eigenvalue weighted by atomic mass is 32.2. The molecule has 0 radical (unpaired) electrons.